The van der Waals surface area contributed by atoms with Crippen molar-refractivity contribution in [2.45, 2.75) is 65.2 Å². The molecule has 0 bridgehead atoms. The topological polar surface area (TPSA) is 76.1 Å². The van der Waals surface area contributed by atoms with Crippen LogP contribution in [0, 0.1) is 0 Å². The molecule has 34 heavy (non-hydrogen) atoms. The van der Waals surface area contributed by atoms with Gasteiger partial charge in [-0.1, -0.05) is 24.3 Å². The molecule has 0 amide bonds. The van der Waals surface area contributed by atoms with Gasteiger partial charge in [-0.15, -0.1) is 0 Å². The molecule has 2 aromatic carbocycles. The van der Waals surface area contributed by atoms with Crippen molar-refractivity contribution in [1.29, 1.82) is 0 Å². The summed E-state index contributed by atoms with van der Waals surface area (Å²) in [7, 11) is 0. The molecule has 0 fully saturated rings. The van der Waals surface area contributed by atoms with E-state index < -0.39 is 0 Å². The number of para-hydroxylation sites is 1. The molecule has 0 heterocycles. The number of unbranched alkanes of at least 4 members (excludes halogenated alkanes) is 1. The van der Waals surface area contributed by atoms with Gasteiger partial charge in [-0.3, -0.25) is 4.79 Å². The average molecular weight is 468 g/mol. The summed E-state index contributed by atoms with van der Waals surface area (Å²) in [5.41, 5.74) is 4.97. The van der Waals surface area contributed by atoms with E-state index in [-0.39, 0.29) is 17.7 Å². The Morgan fingerprint density at radius 1 is 0.941 bits per heavy atom. The molecule has 0 saturated carbocycles. The van der Waals surface area contributed by atoms with Gasteiger partial charge in [0.15, 0.2) is 0 Å². The van der Waals surface area contributed by atoms with Crippen LogP contribution in [0.1, 0.15) is 73.0 Å². The third-order valence-electron chi connectivity index (χ3n) is 6.32. The van der Waals surface area contributed by atoms with E-state index in [1.807, 2.05) is 38.1 Å². The minimum Gasteiger partial charge on any atom is -0.508 e. The van der Waals surface area contributed by atoms with Crippen LogP contribution in [-0.2, 0) is 33.5 Å². The second kappa shape index (κ2) is 13.0. The number of fused-ring (bicyclic) bond motifs is 1. The van der Waals surface area contributed by atoms with E-state index in [0.29, 0.717) is 44.7 Å². The monoisotopic (exact) mass is 467 g/mol. The molecule has 0 spiro atoms. The molecule has 1 aliphatic rings. The summed E-state index contributed by atoms with van der Waals surface area (Å²) in [6, 6.07) is 11.4. The summed E-state index contributed by atoms with van der Waals surface area (Å²) in [4.78, 5) is 27.0. The van der Waals surface area contributed by atoms with Crippen LogP contribution in [0.2, 0.25) is 0 Å². The second-order valence-electron chi connectivity index (χ2n) is 8.65. The summed E-state index contributed by atoms with van der Waals surface area (Å²) in [5, 5.41) is 10.3. The number of aromatic hydroxyl groups is 1. The number of ether oxygens (including phenoxy) is 2. The van der Waals surface area contributed by atoms with Gasteiger partial charge in [-0.25, -0.2) is 4.79 Å². The number of nitrogens with zero attached hydrogens (tertiary/aromatic N) is 1. The fraction of sp³-hybridized carbons (Fsp3) is 0.500. The molecule has 0 aromatic heterocycles. The summed E-state index contributed by atoms with van der Waals surface area (Å²) in [6.45, 7) is 5.71. The Morgan fingerprint density at radius 2 is 1.71 bits per heavy atom. The first-order valence-electron chi connectivity index (χ1n) is 12.5. The molecular formula is C28H37NO5. The molecule has 184 valence electrons. The third kappa shape index (κ3) is 6.75. The average Bonchev–Trinajstić information content (AvgIpc) is 2.84. The number of rotatable bonds is 12. The Hall–Kier alpha value is -3.02. The first kappa shape index (κ1) is 25.6. The number of phenolic OH excluding ortho intramolecular Hbond substituents is 1. The van der Waals surface area contributed by atoms with Crippen LogP contribution in [0.5, 0.6) is 5.75 Å². The molecule has 0 aliphatic heterocycles. The zero-order valence-electron chi connectivity index (χ0n) is 20.5. The highest BCUT2D eigenvalue weighted by Gasteiger charge is 2.25. The van der Waals surface area contributed by atoms with E-state index in [1.54, 1.807) is 6.07 Å². The van der Waals surface area contributed by atoms with Gasteiger partial charge < -0.3 is 19.5 Å². The van der Waals surface area contributed by atoms with Crippen LogP contribution < -0.4 is 4.90 Å². The van der Waals surface area contributed by atoms with Crippen molar-refractivity contribution in [2.24, 2.45) is 0 Å². The van der Waals surface area contributed by atoms with Crippen LogP contribution in [-0.4, -0.2) is 43.3 Å². The quantitative estimate of drug-likeness (QED) is 0.340. The first-order chi connectivity index (χ1) is 16.5. The Bertz CT molecular complexity index is 971. The van der Waals surface area contributed by atoms with Crippen LogP contribution in [0.15, 0.2) is 36.4 Å². The van der Waals surface area contributed by atoms with Gasteiger partial charge >= 0.3 is 11.9 Å². The Labute approximate surface area is 202 Å². The van der Waals surface area contributed by atoms with E-state index in [1.165, 1.54) is 11.1 Å². The summed E-state index contributed by atoms with van der Waals surface area (Å²) in [6.07, 6.45) is 6.76. The predicted octanol–water partition coefficient (Wildman–Crippen LogP) is 5.23. The number of hydrogen-bond donors (Lipinski definition) is 1. The number of hydrogen-bond acceptors (Lipinski definition) is 6. The molecule has 0 radical (unpaired) electrons. The maximum Gasteiger partial charge on any atom is 0.340 e. The molecule has 0 unspecified atom stereocenters. The maximum absolute atomic E-state index is 12.9. The van der Waals surface area contributed by atoms with E-state index in [4.69, 9.17) is 9.47 Å². The largest absolute Gasteiger partial charge is 0.508 e. The molecule has 2 aromatic rings. The molecule has 3 rings (SSSR count). The van der Waals surface area contributed by atoms with Crippen LogP contribution in [0.4, 0.5) is 5.69 Å². The van der Waals surface area contributed by atoms with Gasteiger partial charge in [0.25, 0.3) is 0 Å². The highest BCUT2D eigenvalue weighted by Crippen LogP contribution is 2.35. The molecular weight excluding hydrogens is 430 g/mol. The predicted molar refractivity (Wildman–Crippen MR) is 134 cm³/mol. The van der Waals surface area contributed by atoms with Gasteiger partial charge in [-0.2, -0.15) is 0 Å². The van der Waals surface area contributed by atoms with Gasteiger partial charge in [-0.05, 0) is 87.6 Å². The van der Waals surface area contributed by atoms with Crippen molar-refractivity contribution in [3.8, 4) is 5.75 Å². The van der Waals surface area contributed by atoms with Gasteiger partial charge in [0.1, 0.15) is 5.75 Å². The zero-order chi connectivity index (χ0) is 24.3. The van der Waals surface area contributed by atoms with Crippen LogP contribution in [0.3, 0.4) is 0 Å². The Morgan fingerprint density at radius 3 is 2.47 bits per heavy atom. The SMILES string of the molecule is CCOC(=O)CCCCN(CCc1ccccc1O)c1c(C(=O)OCC)ccc2c1CCCC2. The minimum absolute atomic E-state index is 0.174. The number of aryl methyl sites for hydroxylation is 1. The summed E-state index contributed by atoms with van der Waals surface area (Å²) in [5.74, 6) is -0.192. The van der Waals surface area contributed by atoms with E-state index in [2.05, 4.69) is 11.0 Å². The van der Waals surface area contributed by atoms with Gasteiger partial charge in [0.05, 0.1) is 24.5 Å². The van der Waals surface area contributed by atoms with E-state index >= 15 is 0 Å². The number of anilines is 1. The smallest absolute Gasteiger partial charge is 0.340 e. The summed E-state index contributed by atoms with van der Waals surface area (Å²) < 4.78 is 10.5. The van der Waals surface area contributed by atoms with Crippen molar-refractivity contribution >= 4 is 17.6 Å². The molecule has 0 saturated heterocycles. The van der Waals surface area contributed by atoms with E-state index in [0.717, 1.165) is 49.8 Å². The first-order valence-corrected chi connectivity index (χ1v) is 12.5. The lowest BCUT2D eigenvalue weighted by Crippen LogP contribution is -2.31. The fourth-order valence-corrected chi connectivity index (χ4v) is 4.66. The van der Waals surface area contributed by atoms with Crippen molar-refractivity contribution in [3.63, 3.8) is 0 Å². The minimum atomic E-state index is -0.301. The molecule has 6 nitrogen and oxygen atoms in total. The number of esters is 2. The molecule has 0 atom stereocenters. The van der Waals surface area contributed by atoms with E-state index in [9.17, 15) is 14.7 Å². The standard InChI is InChI=1S/C28H37NO5/c1-3-33-26(31)15-9-10-19-29(20-18-22-12-6-8-14-25(22)30)27-23-13-7-5-11-21(23)16-17-24(27)28(32)34-4-2/h6,8,12,14,16-17,30H,3-5,7,9-11,13,15,18-20H2,1-2H3. The number of carbonyl (C=O) groups excluding carboxylic acids is 2. The Balaban J connectivity index is 1.89. The highest BCUT2D eigenvalue weighted by molar-refractivity contribution is 5.97. The fourth-order valence-electron chi connectivity index (χ4n) is 4.66. The van der Waals surface area contributed by atoms with Gasteiger partial charge in [0.2, 0.25) is 0 Å². The van der Waals surface area contributed by atoms with Crippen molar-refractivity contribution < 1.29 is 24.2 Å². The van der Waals surface area contributed by atoms with Crippen LogP contribution in [0.25, 0.3) is 0 Å². The highest BCUT2D eigenvalue weighted by atomic mass is 16.5. The van der Waals surface area contributed by atoms with Crippen molar-refractivity contribution in [2.75, 3.05) is 31.2 Å². The van der Waals surface area contributed by atoms with Crippen LogP contribution >= 0.6 is 0 Å². The Kier molecular flexibility index (Phi) is 9.80. The normalized spacial score (nSPS) is 12.6. The third-order valence-corrected chi connectivity index (χ3v) is 6.32. The lowest BCUT2D eigenvalue weighted by molar-refractivity contribution is -0.143. The maximum atomic E-state index is 12.9. The number of benzene rings is 2. The zero-order valence-corrected chi connectivity index (χ0v) is 20.5. The van der Waals surface area contributed by atoms with Crippen molar-refractivity contribution in [1.82, 2.24) is 0 Å². The molecule has 1 N–H and O–H groups in total. The summed E-state index contributed by atoms with van der Waals surface area (Å²) >= 11 is 0. The number of phenols is 1. The van der Waals surface area contributed by atoms with Crippen molar-refractivity contribution in [3.05, 3.63) is 58.7 Å². The number of carbonyl (C=O) groups is 2. The molecule has 1 aliphatic carbocycles. The lowest BCUT2D eigenvalue weighted by atomic mass is 9.87. The van der Waals surface area contributed by atoms with Gasteiger partial charge in [0, 0.05) is 19.5 Å². The molecule has 6 heteroatoms. The lowest BCUT2D eigenvalue weighted by Gasteiger charge is -2.32. The second-order valence-corrected chi connectivity index (χ2v) is 8.65.